The second-order valence-electron chi connectivity index (χ2n) is 6.87. The highest BCUT2D eigenvalue weighted by atomic mass is 79.9. The molecule has 1 N–H and O–H groups in total. The van der Waals surface area contributed by atoms with Gasteiger partial charge in [0.15, 0.2) is 5.69 Å². The van der Waals surface area contributed by atoms with Crippen molar-refractivity contribution in [2.24, 2.45) is 0 Å². The van der Waals surface area contributed by atoms with E-state index in [1.165, 1.54) is 29.8 Å². The minimum atomic E-state index is -0.609. The Bertz CT molecular complexity index is 937. The number of ether oxygens (including phenoxy) is 2. The molecule has 7 nitrogen and oxygen atoms in total. The zero-order chi connectivity index (χ0) is 21.2. The van der Waals surface area contributed by atoms with Crippen molar-refractivity contribution in [3.8, 4) is 10.7 Å². The van der Waals surface area contributed by atoms with E-state index in [9.17, 15) is 9.59 Å². The van der Waals surface area contributed by atoms with Crippen molar-refractivity contribution in [1.82, 2.24) is 15.3 Å². The third-order valence-corrected chi connectivity index (χ3v) is 5.72. The quantitative estimate of drug-likeness (QED) is 0.589. The third kappa shape index (κ3) is 5.39. The van der Waals surface area contributed by atoms with Gasteiger partial charge in [0, 0.05) is 14.2 Å². The molecule has 0 aliphatic heterocycles. The van der Waals surface area contributed by atoms with Crippen LogP contribution in [0.25, 0.3) is 16.4 Å². The number of amides is 1. The Morgan fingerprint density at radius 1 is 1.11 bits per heavy atom. The molecule has 1 amide bonds. The SMILES string of the molecule is COC(=O)c1nc(-c2nc(/C(NC(=O)OC(C)(C)C)=C(/C)Br)sc2C)sc1C. The van der Waals surface area contributed by atoms with Gasteiger partial charge in [-0.25, -0.2) is 19.6 Å². The molecular weight excluding hydrogens is 466 g/mol. The molecule has 2 heterocycles. The fraction of sp³-hybridized carbons (Fsp3) is 0.444. The predicted molar refractivity (Wildman–Crippen MR) is 115 cm³/mol. The van der Waals surface area contributed by atoms with Crippen LogP contribution >= 0.6 is 38.6 Å². The van der Waals surface area contributed by atoms with Crippen molar-refractivity contribution in [3.05, 3.63) is 24.9 Å². The summed E-state index contributed by atoms with van der Waals surface area (Å²) in [5.74, 6) is -0.475. The zero-order valence-corrected chi connectivity index (χ0v) is 19.9. The van der Waals surface area contributed by atoms with Crippen LogP contribution in [0.15, 0.2) is 4.48 Å². The molecule has 0 bridgehead atoms. The van der Waals surface area contributed by atoms with E-state index >= 15 is 0 Å². The molecule has 2 rings (SSSR count). The lowest BCUT2D eigenvalue weighted by atomic mass is 10.2. The molecular formula is C18H22BrN3O4S2. The predicted octanol–water partition coefficient (Wildman–Crippen LogP) is 5.28. The van der Waals surface area contributed by atoms with Gasteiger partial charge in [-0.2, -0.15) is 0 Å². The van der Waals surface area contributed by atoms with Crippen molar-refractivity contribution in [3.63, 3.8) is 0 Å². The number of allylic oxidation sites excluding steroid dienone is 1. The maximum atomic E-state index is 12.2. The van der Waals surface area contributed by atoms with E-state index in [4.69, 9.17) is 9.47 Å². The average Bonchev–Trinajstić information content (AvgIpc) is 3.12. The second-order valence-corrected chi connectivity index (χ2v) is 10.5. The Labute approximate surface area is 180 Å². The number of thiazole rings is 2. The summed E-state index contributed by atoms with van der Waals surface area (Å²) in [7, 11) is 1.32. The molecule has 28 heavy (non-hydrogen) atoms. The first kappa shape index (κ1) is 22.5. The average molecular weight is 488 g/mol. The molecule has 10 heteroatoms. The first-order valence-corrected chi connectivity index (χ1v) is 10.8. The Morgan fingerprint density at radius 2 is 1.75 bits per heavy atom. The molecule has 0 saturated carbocycles. The van der Waals surface area contributed by atoms with Gasteiger partial charge in [0.2, 0.25) is 0 Å². The molecule has 0 aliphatic rings. The minimum Gasteiger partial charge on any atom is -0.464 e. The monoisotopic (exact) mass is 487 g/mol. The highest BCUT2D eigenvalue weighted by molar-refractivity contribution is 9.11. The summed E-state index contributed by atoms with van der Waals surface area (Å²) in [4.78, 5) is 34.7. The van der Waals surface area contributed by atoms with Crippen molar-refractivity contribution in [1.29, 1.82) is 0 Å². The molecule has 0 atom stereocenters. The summed E-state index contributed by atoms with van der Waals surface area (Å²) in [6, 6.07) is 0. The summed E-state index contributed by atoms with van der Waals surface area (Å²) in [6.07, 6.45) is -0.561. The number of halogens is 1. The van der Waals surface area contributed by atoms with E-state index in [0.29, 0.717) is 25.9 Å². The summed E-state index contributed by atoms with van der Waals surface area (Å²) in [5.41, 5.74) is 0.869. The van der Waals surface area contributed by atoms with E-state index in [0.717, 1.165) is 9.75 Å². The van der Waals surface area contributed by atoms with Crippen molar-refractivity contribution < 1.29 is 19.1 Å². The Hall–Kier alpha value is -1.78. The van der Waals surface area contributed by atoms with Gasteiger partial charge in [-0.3, -0.25) is 5.32 Å². The van der Waals surface area contributed by atoms with Gasteiger partial charge in [0.25, 0.3) is 0 Å². The molecule has 0 saturated heterocycles. The van der Waals surface area contributed by atoms with Gasteiger partial charge in [-0.1, -0.05) is 15.9 Å². The summed E-state index contributed by atoms with van der Waals surface area (Å²) >= 11 is 6.21. The molecule has 2 aromatic heterocycles. The van der Waals surface area contributed by atoms with E-state index in [1.54, 1.807) is 20.8 Å². The number of esters is 1. The Balaban J connectivity index is 2.37. The molecule has 0 radical (unpaired) electrons. The molecule has 0 unspecified atom stereocenters. The molecule has 152 valence electrons. The highest BCUT2D eigenvalue weighted by Crippen LogP contribution is 2.35. The van der Waals surface area contributed by atoms with Crippen LogP contribution in [0.4, 0.5) is 4.79 Å². The molecule has 0 spiro atoms. The van der Waals surface area contributed by atoms with Gasteiger partial charge >= 0.3 is 12.1 Å². The van der Waals surface area contributed by atoms with Gasteiger partial charge in [0.1, 0.15) is 21.3 Å². The largest absolute Gasteiger partial charge is 0.464 e. The Kier molecular flexibility index (Phi) is 7.00. The maximum absolute atomic E-state index is 12.2. The second kappa shape index (κ2) is 8.71. The first-order valence-electron chi connectivity index (χ1n) is 8.33. The number of hydrogen-bond acceptors (Lipinski definition) is 8. The summed E-state index contributed by atoms with van der Waals surface area (Å²) < 4.78 is 10.8. The van der Waals surface area contributed by atoms with Crippen LogP contribution in [0.2, 0.25) is 0 Å². The Morgan fingerprint density at radius 3 is 2.29 bits per heavy atom. The topological polar surface area (TPSA) is 90.4 Å². The van der Waals surface area contributed by atoms with Crippen molar-refractivity contribution in [2.45, 2.75) is 47.1 Å². The zero-order valence-electron chi connectivity index (χ0n) is 16.7. The number of aryl methyl sites for hydroxylation is 2. The van der Waals surface area contributed by atoms with Crippen molar-refractivity contribution >= 4 is 56.4 Å². The molecule has 0 fully saturated rings. The molecule has 0 aliphatic carbocycles. The lowest BCUT2D eigenvalue weighted by Gasteiger charge is -2.20. The number of nitrogens with one attached hydrogen (secondary N) is 1. The number of hydrogen-bond donors (Lipinski definition) is 1. The lowest BCUT2D eigenvalue weighted by Crippen LogP contribution is -2.31. The standard InChI is InChI=1S/C18H22BrN3O4S2/c1-8(19)11(22-17(24)26-18(4,5)6)14-20-12(9(2)27-14)15-21-13(10(3)28-15)16(23)25-7/h1-7H3,(H,22,24)/b11-8+. The number of nitrogens with zero attached hydrogens (tertiary/aromatic N) is 2. The molecule has 2 aromatic rings. The van der Waals surface area contributed by atoms with Gasteiger partial charge in [-0.05, 0) is 41.5 Å². The lowest BCUT2D eigenvalue weighted by molar-refractivity contribution is 0.0555. The van der Waals surface area contributed by atoms with Crippen LogP contribution in [-0.2, 0) is 9.47 Å². The number of alkyl carbamates (subject to hydrolysis) is 1. The fourth-order valence-electron chi connectivity index (χ4n) is 2.18. The van der Waals surface area contributed by atoms with Crippen LogP contribution in [0.1, 0.15) is 52.9 Å². The van der Waals surface area contributed by atoms with E-state index in [2.05, 4.69) is 31.2 Å². The maximum Gasteiger partial charge on any atom is 0.412 e. The summed E-state index contributed by atoms with van der Waals surface area (Å²) in [6.45, 7) is 10.9. The van der Waals surface area contributed by atoms with Gasteiger partial charge < -0.3 is 9.47 Å². The van der Waals surface area contributed by atoms with Crippen LogP contribution in [0, 0.1) is 13.8 Å². The van der Waals surface area contributed by atoms with Crippen LogP contribution in [0.5, 0.6) is 0 Å². The van der Waals surface area contributed by atoms with E-state index in [-0.39, 0.29) is 5.69 Å². The third-order valence-electron chi connectivity index (χ3n) is 3.36. The van der Waals surface area contributed by atoms with Gasteiger partial charge in [-0.15, -0.1) is 22.7 Å². The smallest absolute Gasteiger partial charge is 0.412 e. The van der Waals surface area contributed by atoms with Crippen LogP contribution < -0.4 is 5.32 Å². The van der Waals surface area contributed by atoms with E-state index < -0.39 is 17.7 Å². The fourth-order valence-corrected chi connectivity index (χ4v) is 4.58. The number of carbonyl (C=O) groups excluding carboxylic acids is 2. The normalized spacial score (nSPS) is 12.4. The number of aromatic nitrogens is 2. The van der Waals surface area contributed by atoms with Crippen molar-refractivity contribution in [2.75, 3.05) is 7.11 Å². The molecule has 0 aromatic carbocycles. The number of carbonyl (C=O) groups is 2. The van der Waals surface area contributed by atoms with E-state index in [1.807, 2.05) is 20.8 Å². The van der Waals surface area contributed by atoms with Crippen LogP contribution in [-0.4, -0.2) is 34.7 Å². The van der Waals surface area contributed by atoms with Gasteiger partial charge in [0.05, 0.1) is 12.8 Å². The highest BCUT2D eigenvalue weighted by Gasteiger charge is 2.23. The summed E-state index contributed by atoms with van der Waals surface area (Å²) in [5, 5.41) is 3.99. The number of rotatable bonds is 4. The first-order chi connectivity index (χ1) is 12.9. The number of methoxy groups -OCH3 is 1. The minimum absolute atomic E-state index is 0.288. The van der Waals surface area contributed by atoms with Crippen LogP contribution in [0.3, 0.4) is 0 Å².